The first-order valence-corrected chi connectivity index (χ1v) is 10.8. The van der Waals surface area contributed by atoms with E-state index in [9.17, 15) is 9.59 Å². The zero-order valence-corrected chi connectivity index (χ0v) is 18.5. The largest absolute Gasteiger partial charge is 0.493 e. The lowest BCUT2D eigenvalue weighted by atomic mass is 10.1. The van der Waals surface area contributed by atoms with Gasteiger partial charge in [-0.3, -0.25) is 19.9 Å². The molecule has 0 aliphatic carbocycles. The van der Waals surface area contributed by atoms with Crippen molar-refractivity contribution in [2.45, 2.75) is 13.0 Å². The van der Waals surface area contributed by atoms with Crippen molar-refractivity contribution < 1.29 is 19.1 Å². The molecule has 0 spiro atoms. The lowest BCUT2D eigenvalue weighted by Crippen LogP contribution is -2.34. The van der Waals surface area contributed by atoms with Gasteiger partial charge in [0.2, 0.25) is 5.91 Å². The van der Waals surface area contributed by atoms with Gasteiger partial charge in [-0.2, -0.15) is 0 Å². The summed E-state index contributed by atoms with van der Waals surface area (Å²) >= 11 is 1.38. The summed E-state index contributed by atoms with van der Waals surface area (Å²) in [5, 5.41) is 3.31. The van der Waals surface area contributed by atoms with Crippen molar-refractivity contribution in [2.75, 3.05) is 26.1 Å². The highest BCUT2D eigenvalue weighted by atomic mass is 32.1. The number of nitrogens with one attached hydrogen (secondary N) is 1. The van der Waals surface area contributed by atoms with Crippen molar-refractivity contribution in [3.63, 3.8) is 0 Å². The molecule has 3 aromatic rings. The summed E-state index contributed by atoms with van der Waals surface area (Å²) in [7, 11) is 3.15. The molecule has 1 aromatic carbocycles. The Kier molecular flexibility index (Phi) is 6.46. The highest BCUT2D eigenvalue weighted by molar-refractivity contribution is 7.15. The van der Waals surface area contributed by atoms with E-state index in [0.29, 0.717) is 41.8 Å². The van der Waals surface area contributed by atoms with Crippen LogP contribution in [0.25, 0.3) is 6.08 Å². The number of carbonyl (C=O) groups excluding carboxylic acids is 2. The molecule has 2 amide bonds. The van der Waals surface area contributed by atoms with Crippen LogP contribution in [0.4, 0.5) is 5.13 Å². The Morgan fingerprint density at radius 3 is 2.75 bits per heavy atom. The van der Waals surface area contributed by atoms with Crippen LogP contribution in [0, 0.1) is 0 Å². The van der Waals surface area contributed by atoms with E-state index in [-0.39, 0.29) is 11.8 Å². The molecule has 1 aliphatic rings. The summed E-state index contributed by atoms with van der Waals surface area (Å²) in [4.78, 5) is 36.3. The van der Waals surface area contributed by atoms with Gasteiger partial charge in [0.25, 0.3) is 5.91 Å². The van der Waals surface area contributed by atoms with Gasteiger partial charge in [-0.1, -0.05) is 23.5 Å². The van der Waals surface area contributed by atoms with E-state index < -0.39 is 0 Å². The number of thiazole rings is 1. The predicted molar refractivity (Wildman–Crippen MR) is 122 cm³/mol. The lowest BCUT2D eigenvalue weighted by Gasteiger charge is -2.24. The molecule has 0 saturated heterocycles. The van der Waals surface area contributed by atoms with Crippen LogP contribution in [0.1, 0.15) is 26.6 Å². The zero-order valence-electron chi connectivity index (χ0n) is 17.7. The standard InChI is InChI=1S/C23H22N4O4S/c1-30-18-8-6-15(13-19(18)31-2)7-9-21(28)27-12-10-16-20(14-27)32-23(25-16)26-22(29)17-5-3-4-11-24-17/h3-9,11,13H,10,12,14H2,1-2H3,(H,25,26,29)/b9-7+. The van der Waals surface area contributed by atoms with Gasteiger partial charge in [0.05, 0.1) is 26.5 Å². The van der Waals surface area contributed by atoms with Crippen molar-refractivity contribution >= 4 is 34.4 Å². The Bertz CT molecular complexity index is 1160. The molecule has 9 heteroatoms. The summed E-state index contributed by atoms with van der Waals surface area (Å²) in [5.41, 5.74) is 2.09. The van der Waals surface area contributed by atoms with E-state index >= 15 is 0 Å². The van der Waals surface area contributed by atoms with Gasteiger partial charge in [0.15, 0.2) is 16.6 Å². The van der Waals surface area contributed by atoms with E-state index in [2.05, 4.69) is 15.3 Å². The number of nitrogens with zero attached hydrogens (tertiary/aromatic N) is 3. The van der Waals surface area contributed by atoms with E-state index in [1.807, 2.05) is 12.1 Å². The van der Waals surface area contributed by atoms with E-state index in [4.69, 9.17) is 9.47 Å². The smallest absolute Gasteiger partial charge is 0.276 e. The van der Waals surface area contributed by atoms with Crippen molar-refractivity contribution in [3.05, 3.63) is 70.5 Å². The van der Waals surface area contributed by atoms with Crippen LogP contribution in [-0.4, -0.2) is 47.4 Å². The monoisotopic (exact) mass is 450 g/mol. The molecular weight excluding hydrogens is 428 g/mol. The molecule has 4 rings (SSSR count). The van der Waals surface area contributed by atoms with Crippen LogP contribution in [0.2, 0.25) is 0 Å². The first-order chi connectivity index (χ1) is 15.6. The average Bonchev–Trinajstić information content (AvgIpc) is 3.24. The van der Waals surface area contributed by atoms with Crippen LogP contribution in [0.15, 0.2) is 48.7 Å². The van der Waals surface area contributed by atoms with Gasteiger partial charge in [-0.25, -0.2) is 4.98 Å². The highest BCUT2D eigenvalue weighted by Gasteiger charge is 2.23. The third-order valence-corrected chi connectivity index (χ3v) is 5.98. The molecule has 1 N–H and O–H groups in total. The molecule has 0 bridgehead atoms. The Morgan fingerprint density at radius 2 is 2.00 bits per heavy atom. The molecule has 0 unspecified atom stereocenters. The number of anilines is 1. The molecule has 1 aliphatic heterocycles. The second-order valence-electron chi connectivity index (χ2n) is 7.02. The average molecular weight is 451 g/mol. The van der Waals surface area contributed by atoms with Gasteiger partial charge >= 0.3 is 0 Å². The number of benzene rings is 1. The Morgan fingerprint density at radius 1 is 1.16 bits per heavy atom. The summed E-state index contributed by atoms with van der Waals surface area (Å²) < 4.78 is 10.5. The molecule has 0 atom stereocenters. The molecule has 2 aromatic heterocycles. The second-order valence-corrected chi connectivity index (χ2v) is 8.10. The zero-order chi connectivity index (χ0) is 22.5. The SMILES string of the molecule is COc1ccc(/C=C/C(=O)N2CCc3nc(NC(=O)c4ccccn4)sc3C2)cc1OC. The first-order valence-electron chi connectivity index (χ1n) is 9.97. The van der Waals surface area contributed by atoms with E-state index in [1.165, 1.54) is 11.3 Å². The first kappa shape index (κ1) is 21.5. The predicted octanol–water partition coefficient (Wildman–Crippen LogP) is 3.41. The van der Waals surface area contributed by atoms with Gasteiger partial charge in [-0.15, -0.1) is 0 Å². The number of rotatable bonds is 6. The third-order valence-electron chi connectivity index (χ3n) is 4.99. The molecule has 3 heterocycles. The van der Waals surface area contributed by atoms with Crippen molar-refractivity contribution in [3.8, 4) is 11.5 Å². The fraction of sp³-hybridized carbons (Fsp3) is 0.217. The Labute approximate surface area is 189 Å². The maximum absolute atomic E-state index is 12.7. The van der Waals surface area contributed by atoms with Gasteiger partial charge in [0, 0.05) is 30.1 Å². The van der Waals surface area contributed by atoms with E-state index in [0.717, 1.165) is 16.1 Å². The number of fused-ring (bicyclic) bond motifs is 1. The van der Waals surface area contributed by atoms with Gasteiger partial charge in [-0.05, 0) is 35.9 Å². The van der Waals surface area contributed by atoms with Gasteiger partial charge in [0.1, 0.15) is 5.69 Å². The minimum absolute atomic E-state index is 0.0853. The summed E-state index contributed by atoms with van der Waals surface area (Å²) in [6.45, 7) is 1.03. The normalized spacial score (nSPS) is 13.0. The van der Waals surface area contributed by atoms with Crippen LogP contribution < -0.4 is 14.8 Å². The molecule has 164 valence electrons. The van der Waals surface area contributed by atoms with Crippen molar-refractivity contribution in [1.82, 2.24) is 14.9 Å². The van der Waals surface area contributed by atoms with Crippen LogP contribution in [-0.2, 0) is 17.8 Å². The molecule has 8 nitrogen and oxygen atoms in total. The number of hydrogen-bond acceptors (Lipinski definition) is 7. The molecule has 32 heavy (non-hydrogen) atoms. The minimum Gasteiger partial charge on any atom is -0.493 e. The number of carbonyl (C=O) groups is 2. The maximum atomic E-state index is 12.7. The Balaban J connectivity index is 1.40. The topological polar surface area (TPSA) is 93.7 Å². The van der Waals surface area contributed by atoms with Crippen molar-refractivity contribution in [2.24, 2.45) is 0 Å². The number of hydrogen-bond donors (Lipinski definition) is 1. The number of pyridine rings is 1. The lowest BCUT2D eigenvalue weighted by molar-refractivity contribution is -0.126. The quantitative estimate of drug-likeness (QED) is 0.579. The number of aromatic nitrogens is 2. The van der Waals surface area contributed by atoms with Crippen molar-refractivity contribution in [1.29, 1.82) is 0 Å². The third kappa shape index (κ3) is 4.78. The summed E-state index contributed by atoms with van der Waals surface area (Å²) in [6.07, 6.45) is 5.52. The van der Waals surface area contributed by atoms with Crippen LogP contribution >= 0.6 is 11.3 Å². The number of amides is 2. The Hall–Kier alpha value is -3.72. The summed E-state index contributed by atoms with van der Waals surface area (Å²) in [6, 6.07) is 10.6. The number of methoxy groups -OCH3 is 2. The second kappa shape index (κ2) is 9.61. The molecule has 0 fully saturated rings. The molecule has 0 saturated carbocycles. The summed E-state index contributed by atoms with van der Waals surface area (Å²) in [5.74, 6) is 0.853. The van der Waals surface area contributed by atoms with Crippen LogP contribution in [0.5, 0.6) is 11.5 Å². The van der Waals surface area contributed by atoms with Gasteiger partial charge < -0.3 is 14.4 Å². The molecular formula is C23H22N4O4S. The van der Waals surface area contributed by atoms with E-state index in [1.54, 1.807) is 61.7 Å². The fourth-order valence-corrected chi connectivity index (χ4v) is 4.34. The van der Waals surface area contributed by atoms with Crippen LogP contribution in [0.3, 0.4) is 0 Å². The minimum atomic E-state index is -0.303. The molecule has 0 radical (unpaired) electrons. The highest BCUT2D eigenvalue weighted by Crippen LogP contribution is 2.30. The fourth-order valence-electron chi connectivity index (χ4n) is 3.32. The maximum Gasteiger partial charge on any atom is 0.276 e. The number of ether oxygens (including phenoxy) is 2.